The Bertz CT molecular complexity index is 618. The van der Waals surface area contributed by atoms with Crippen LogP contribution in [0.3, 0.4) is 0 Å². The van der Waals surface area contributed by atoms with Gasteiger partial charge in [0.05, 0.1) is 10.7 Å². The number of nitrogens with two attached hydrogens (primary N) is 1. The van der Waals surface area contributed by atoms with Gasteiger partial charge in [0.25, 0.3) is 5.91 Å². The topological polar surface area (TPSA) is 55.1 Å². The number of halogens is 1. The van der Waals surface area contributed by atoms with Crippen molar-refractivity contribution in [3.63, 3.8) is 0 Å². The zero-order valence-electron chi connectivity index (χ0n) is 10.8. The molecule has 1 amide bonds. The van der Waals surface area contributed by atoms with Crippen LogP contribution in [-0.2, 0) is 0 Å². The van der Waals surface area contributed by atoms with Crippen molar-refractivity contribution >= 4 is 28.9 Å². The standard InChI is InChI=1S/C15H15ClN2O/c1-9-5-3-7-12(16)14(9)18-15(19)11-6-4-8-13(17)10(11)2/h3-8H,17H2,1-2H3,(H,18,19). The van der Waals surface area contributed by atoms with Crippen LogP contribution >= 0.6 is 11.6 Å². The number of carbonyl (C=O) groups is 1. The average Bonchev–Trinajstić information content (AvgIpc) is 2.37. The molecule has 0 aliphatic heterocycles. The van der Waals surface area contributed by atoms with Crippen LogP contribution in [0.4, 0.5) is 11.4 Å². The summed E-state index contributed by atoms with van der Waals surface area (Å²) in [6.07, 6.45) is 0. The molecule has 0 aliphatic carbocycles. The van der Waals surface area contributed by atoms with Crippen molar-refractivity contribution in [3.8, 4) is 0 Å². The molecule has 0 spiro atoms. The number of carbonyl (C=O) groups excluding carboxylic acids is 1. The number of rotatable bonds is 2. The highest BCUT2D eigenvalue weighted by atomic mass is 35.5. The number of anilines is 2. The van der Waals surface area contributed by atoms with Gasteiger partial charge < -0.3 is 11.1 Å². The van der Waals surface area contributed by atoms with E-state index in [1.165, 1.54) is 0 Å². The molecular weight excluding hydrogens is 260 g/mol. The maximum Gasteiger partial charge on any atom is 0.256 e. The molecule has 0 bridgehead atoms. The summed E-state index contributed by atoms with van der Waals surface area (Å²) in [7, 11) is 0. The lowest BCUT2D eigenvalue weighted by Crippen LogP contribution is -2.15. The molecule has 0 heterocycles. The van der Waals surface area contributed by atoms with Crippen LogP contribution < -0.4 is 11.1 Å². The van der Waals surface area contributed by atoms with Gasteiger partial charge in [-0.05, 0) is 43.2 Å². The summed E-state index contributed by atoms with van der Waals surface area (Å²) in [5.74, 6) is -0.207. The number of hydrogen-bond donors (Lipinski definition) is 2. The lowest BCUT2D eigenvalue weighted by atomic mass is 10.1. The van der Waals surface area contributed by atoms with Gasteiger partial charge in [0.2, 0.25) is 0 Å². The van der Waals surface area contributed by atoms with E-state index in [4.69, 9.17) is 17.3 Å². The van der Waals surface area contributed by atoms with E-state index in [0.717, 1.165) is 11.1 Å². The molecule has 0 saturated heterocycles. The van der Waals surface area contributed by atoms with E-state index in [9.17, 15) is 4.79 Å². The van der Waals surface area contributed by atoms with E-state index in [-0.39, 0.29) is 5.91 Å². The van der Waals surface area contributed by atoms with Crippen LogP contribution in [0.15, 0.2) is 36.4 Å². The largest absolute Gasteiger partial charge is 0.398 e. The first-order valence-corrected chi connectivity index (χ1v) is 6.30. The molecule has 98 valence electrons. The van der Waals surface area contributed by atoms with E-state index < -0.39 is 0 Å². The summed E-state index contributed by atoms with van der Waals surface area (Å²) in [5, 5.41) is 3.36. The number of benzene rings is 2. The molecule has 0 aliphatic rings. The highest BCUT2D eigenvalue weighted by Gasteiger charge is 2.13. The third-order valence-electron chi connectivity index (χ3n) is 3.08. The molecule has 3 nitrogen and oxygen atoms in total. The van der Waals surface area contributed by atoms with Gasteiger partial charge in [-0.3, -0.25) is 4.79 Å². The van der Waals surface area contributed by atoms with Gasteiger partial charge in [-0.15, -0.1) is 0 Å². The van der Waals surface area contributed by atoms with Crippen molar-refractivity contribution in [2.45, 2.75) is 13.8 Å². The van der Waals surface area contributed by atoms with Crippen LogP contribution in [0.2, 0.25) is 5.02 Å². The lowest BCUT2D eigenvalue weighted by molar-refractivity contribution is 0.102. The zero-order chi connectivity index (χ0) is 14.0. The Kier molecular flexibility index (Phi) is 3.76. The number of hydrogen-bond acceptors (Lipinski definition) is 2. The molecule has 0 aromatic heterocycles. The maximum absolute atomic E-state index is 12.3. The molecule has 0 saturated carbocycles. The number of amides is 1. The summed E-state index contributed by atoms with van der Waals surface area (Å²) in [4.78, 5) is 12.3. The fraction of sp³-hybridized carbons (Fsp3) is 0.133. The van der Waals surface area contributed by atoms with Crippen molar-refractivity contribution in [1.82, 2.24) is 0 Å². The molecule has 0 atom stereocenters. The Labute approximate surface area is 117 Å². The van der Waals surface area contributed by atoms with E-state index in [2.05, 4.69) is 5.32 Å². The molecular formula is C15H15ClN2O. The molecule has 19 heavy (non-hydrogen) atoms. The van der Waals surface area contributed by atoms with Gasteiger partial charge in [-0.1, -0.05) is 29.8 Å². The van der Waals surface area contributed by atoms with Crippen molar-refractivity contribution in [2.24, 2.45) is 0 Å². The van der Waals surface area contributed by atoms with Crippen molar-refractivity contribution < 1.29 is 4.79 Å². The number of nitrogens with one attached hydrogen (secondary N) is 1. The SMILES string of the molecule is Cc1cccc(Cl)c1NC(=O)c1cccc(N)c1C. The zero-order valence-corrected chi connectivity index (χ0v) is 11.6. The molecule has 0 fully saturated rings. The highest BCUT2D eigenvalue weighted by Crippen LogP contribution is 2.26. The predicted octanol–water partition coefficient (Wildman–Crippen LogP) is 3.79. The van der Waals surface area contributed by atoms with Crippen LogP contribution in [0.1, 0.15) is 21.5 Å². The summed E-state index contributed by atoms with van der Waals surface area (Å²) < 4.78 is 0. The monoisotopic (exact) mass is 274 g/mol. The number of aryl methyl sites for hydroxylation is 1. The number of para-hydroxylation sites is 1. The van der Waals surface area contributed by atoms with E-state index >= 15 is 0 Å². The summed E-state index contributed by atoms with van der Waals surface area (Å²) in [5.41, 5.74) is 9.28. The second-order valence-electron chi connectivity index (χ2n) is 4.41. The quantitative estimate of drug-likeness (QED) is 0.819. The minimum atomic E-state index is -0.207. The smallest absolute Gasteiger partial charge is 0.256 e. The second-order valence-corrected chi connectivity index (χ2v) is 4.81. The Morgan fingerprint density at radius 3 is 2.53 bits per heavy atom. The Balaban J connectivity index is 2.34. The third-order valence-corrected chi connectivity index (χ3v) is 3.40. The first-order valence-electron chi connectivity index (χ1n) is 5.92. The Morgan fingerprint density at radius 1 is 1.16 bits per heavy atom. The van der Waals surface area contributed by atoms with Gasteiger partial charge in [-0.25, -0.2) is 0 Å². The van der Waals surface area contributed by atoms with Crippen LogP contribution in [-0.4, -0.2) is 5.91 Å². The molecule has 2 rings (SSSR count). The van der Waals surface area contributed by atoms with Gasteiger partial charge in [-0.2, -0.15) is 0 Å². The van der Waals surface area contributed by atoms with Crippen molar-refractivity contribution in [3.05, 3.63) is 58.1 Å². The van der Waals surface area contributed by atoms with E-state index in [0.29, 0.717) is 22.0 Å². The average molecular weight is 275 g/mol. The fourth-order valence-electron chi connectivity index (χ4n) is 1.87. The molecule has 0 unspecified atom stereocenters. The van der Waals surface area contributed by atoms with Gasteiger partial charge in [0.1, 0.15) is 0 Å². The van der Waals surface area contributed by atoms with Gasteiger partial charge in [0, 0.05) is 11.3 Å². The van der Waals surface area contributed by atoms with Crippen LogP contribution in [0, 0.1) is 13.8 Å². The van der Waals surface area contributed by atoms with Crippen LogP contribution in [0.5, 0.6) is 0 Å². The maximum atomic E-state index is 12.3. The minimum absolute atomic E-state index is 0.207. The molecule has 2 aromatic rings. The lowest BCUT2D eigenvalue weighted by Gasteiger charge is -2.12. The Morgan fingerprint density at radius 2 is 1.84 bits per heavy atom. The predicted molar refractivity (Wildman–Crippen MR) is 79.7 cm³/mol. The first kappa shape index (κ1) is 13.4. The highest BCUT2D eigenvalue weighted by molar-refractivity contribution is 6.34. The molecule has 0 radical (unpaired) electrons. The van der Waals surface area contributed by atoms with E-state index in [1.54, 1.807) is 24.3 Å². The summed E-state index contributed by atoms with van der Waals surface area (Å²) in [6, 6.07) is 10.8. The second kappa shape index (κ2) is 5.33. The number of nitrogen functional groups attached to an aromatic ring is 1. The normalized spacial score (nSPS) is 10.3. The molecule has 2 aromatic carbocycles. The fourth-order valence-corrected chi connectivity index (χ4v) is 2.14. The van der Waals surface area contributed by atoms with E-state index in [1.807, 2.05) is 26.0 Å². The van der Waals surface area contributed by atoms with Gasteiger partial charge in [0.15, 0.2) is 0 Å². The third kappa shape index (κ3) is 2.71. The van der Waals surface area contributed by atoms with Crippen LogP contribution in [0.25, 0.3) is 0 Å². The Hall–Kier alpha value is -2.00. The van der Waals surface area contributed by atoms with Crippen molar-refractivity contribution in [2.75, 3.05) is 11.1 Å². The van der Waals surface area contributed by atoms with Crippen molar-refractivity contribution in [1.29, 1.82) is 0 Å². The molecule has 4 heteroatoms. The van der Waals surface area contributed by atoms with Gasteiger partial charge >= 0.3 is 0 Å². The minimum Gasteiger partial charge on any atom is -0.398 e. The summed E-state index contributed by atoms with van der Waals surface area (Å²) in [6.45, 7) is 3.72. The molecule has 3 N–H and O–H groups in total. The summed E-state index contributed by atoms with van der Waals surface area (Å²) >= 11 is 6.09. The first-order chi connectivity index (χ1) is 9.00.